The highest BCUT2D eigenvalue weighted by molar-refractivity contribution is 7.88. The van der Waals surface area contributed by atoms with Crippen LogP contribution in [0.2, 0.25) is 0 Å². The second-order valence-electron chi connectivity index (χ2n) is 4.00. The highest BCUT2D eigenvalue weighted by Crippen LogP contribution is 2.32. The molecule has 0 amide bonds. The summed E-state index contributed by atoms with van der Waals surface area (Å²) in [7, 11) is -4.19. The van der Waals surface area contributed by atoms with Gasteiger partial charge in [0.1, 0.15) is 13.1 Å². The number of hydrogen-bond acceptors (Lipinski definition) is 4. The smallest absolute Gasteiger partial charge is 0.212 e. The van der Waals surface area contributed by atoms with Crippen molar-refractivity contribution in [3.8, 4) is 12.1 Å². The van der Waals surface area contributed by atoms with E-state index in [9.17, 15) is 21.6 Å². The summed E-state index contributed by atoms with van der Waals surface area (Å²) in [5.41, 5.74) is -1.48. The molecule has 21 heavy (non-hydrogen) atoms. The third-order valence-corrected chi connectivity index (χ3v) is 4.27. The Balaban J connectivity index is 3.16. The van der Waals surface area contributed by atoms with E-state index in [1.165, 1.54) is 6.07 Å². The Labute approximate surface area is 119 Å². The highest BCUT2D eigenvalue weighted by Gasteiger charge is 2.35. The first kappa shape index (κ1) is 17.0. The Bertz CT molecular complexity index is 671. The molecule has 0 saturated heterocycles. The fourth-order valence-corrected chi connectivity index (χ4v) is 2.96. The van der Waals surface area contributed by atoms with Gasteiger partial charge in [0.25, 0.3) is 0 Å². The molecule has 112 valence electrons. The number of hydrogen-bond donors (Lipinski definition) is 0. The summed E-state index contributed by atoms with van der Waals surface area (Å²) in [6.45, 7) is -1.19. The molecule has 1 aromatic rings. The summed E-state index contributed by atoms with van der Waals surface area (Å²) in [5.74, 6) is -0.925. The molecule has 0 bridgehead atoms. The molecular weight excluding hydrogens is 307 g/mol. The molecule has 0 saturated carbocycles. The van der Waals surface area contributed by atoms with E-state index in [0.717, 1.165) is 18.2 Å². The van der Waals surface area contributed by atoms with Crippen molar-refractivity contribution in [2.75, 3.05) is 13.1 Å². The first-order chi connectivity index (χ1) is 9.72. The maximum absolute atomic E-state index is 12.8. The summed E-state index contributed by atoms with van der Waals surface area (Å²) in [4.78, 5) is 0. The minimum absolute atomic E-state index is 0.425. The molecule has 0 unspecified atom stereocenters. The number of nitrogens with zero attached hydrogens (tertiary/aromatic N) is 3. The van der Waals surface area contributed by atoms with Gasteiger partial charge in [-0.2, -0.15) is 28.0 Å². The van der Waals surface area contributed by atoms with E-state index in [0.29, 0.717) is 4.31 Å². The lowest BCUT2D eigenvalue weighted by Crippen LogP contribution is -2.33. The van der Waals surface area contributed by atoms with Gasteiger partial charge in [0.2, 0.25) is 10.0 Å². The molecular formula is C12H10F3N3O2S. The second kappa shape index (κ2) is 6.57. The summed E-state index contributed by atoms with van der Waals surface area (Å²) in [6.07, 6.45) is -4.68. The van der Waals surface area contributed by atoms with Gasteiger partial charge in [0, 0.05) is 0 Å². The van der Waals surface area contributed by atoms with E-state index in [4.69, 9.17) is 10.5 Å². The van der Waals surface area contributed by atoms with E-state index in [2.05, 4.69) is 0 Å². The summed E-state index contributed by atoms with van der Waals surface area (Å²) < 4.78 is 63.0. The van der Waals surface area contributed by atoms with Crippen LogP contribution in [-0.4, -0.2) is 25.8 Å². The van der Waals surface area contributed by atoms with Crippen LogP contribution in [0.4, 0.5) is 13.2 Å². The van der Waals surface area contributed by atoms with Crippen molar-refractivity contribution in [1.29, 1.82) is 10.5 Å². The molecule has 0 aliphatic rings. The van der Waals surface area contributed by atoms with Crippen LogP contribution in [0.3, 0.4) is 0 Å². The number of rotatable bonds is 5. The number of sulfonamides is 1. The van der Waals surface area contributed by atoms with Gasteiger partial charge >= 0.3 is 6.18 Å². The molecule has 0 radical (unpaired) electrons. The summed E-state index contributed by atoms with van der Waals surface area (Å²) in [6, 6.07) is 7.40. The van der Waals surface area contributed by atoms with Gasteiger partial charge in [-0.25, -0.2) is 8.42 Å². The van der Waals surface area contributed by atoms with Crippen LogP contribution in [0.1, 0.15) is 11.1 Å². The summed E-state index contributed by atoms with van der Waals surface area (Å²) in [5, 5.41) is 17.1. The quantitative estimate of drug-likeness (QED) is 0.776. The second-order valence-corrected chi connectivity index (χ2v) is 5.96. The average molecular weight is 317 g/mol. The van der Waals surface area contributed by atoms with Crippen molar-refractivity contribution in [1.82, 2.24) is 4.31 Å². The van der Waals surface area contributed by atoms with E-state index in [1.807, 2.05) is 0 Å². The monoisotopic (exact) mass is 317 g/mol. The van der Waals surface area contributed by atoms with Crippen LogP contribution in [0.25, 0.3) is 0 Å². The molecule has 5 nitrogen and oxygen atoms in total. The Morgan fingerprint density at radius 1 is 1.10 bits per heavy atom. The van der Waals surface area contributed by atoms with Crippen LogP contribution in [-0.2, 0) is 22.0 Å². The Morgan fingerprint density at radius 3 is 2.10 bits per heavy atom. The van der Waals surface area contributed by atoms with Gasteiger partial charge < -0.3 is 0 Å². The molecule has 0 N–H and O–H groups in total. The molecule has 0 spiro atoms. The van der Waals surface area contributed by atoms with Gasteiger partial charge in [-0.15, -0.1) is 0 Å². The van der Waals surface area contributed by atoms with Crippen molar-refractivity contribution in [2.45, 2.75) is 11.9 Å². The van der Waals surface area contributed by atoms with Crippen LogP contribution in [0, 0.1) is 22.7 Å². The fraction of sp³-hybridized carbons (Fsp3) is 0.333. The zero-order valence-corrected chi connectivity index (χ0v) is 11.4. The lowest BCUT2D eigenvalue weighted by molar-refractivity contribution is -0.138. The molecule has 0 aliphatic heterocycles. The van der Waals surface area contributed by atoms with Crippen LogP contribution in [0.15, 0.2) is 24.3 Å². The first-order valence-corrected chi connectivity index (χ1v) is 7.20. The van der Waals surface area contributed by atoms with Crippen molar-refractivity contribution >= 4 is 10.0 Å². The molecule has 9 heteroatoms. The highest BCUT2D eigenvalue weighted by atomic mass is 32.2. The van der Waals surface area contributed by atoms with Gasteiger partial charge in [0.15, 0.2) is 0 Å². The van der Waals surface area contributed by atoms with Gasteiger partial charge in [0.05, 0.1) is 23.5 Å². The van der Waals surface area contributed by atoms with Crippen LogP contribution in [0.5, 0.6) is 0 Å². The lowest BCUT2D eigenvalue weighted by atomic mass is 10.1. The van der Waals surface area contributed by atoms with Gasteiger partial charge in [-0.1, -0.05) is 18.2 Å². The molecule has 0 atom stereocenters. The maximum atomic E-state index is 12.8. The van der Waals surface area contributed by atoms with E-state index in [1.54, 1.807) is 12.1 Å². The standard InChI is InChI=1S/C12H10F3N3O2S/c13-12(14,15)11-4-2-1-3-10(11)9-21(19,20)18(7-5-16)8-6-17/h1-4H,7-9H2. The molecule has 0 aliphatic carbocycles. The topological polar surface area (TPSA) is 85.0 Å². The number of nitriles is 2. The Hall–Kier alpha value is -2.10. The Kier molecular flexibility index (Phi) is 5.30. The van der Waals surface area contributed by atoms with Gasteiger partial charge in [-0.3, -0.25) is 0 Å². The third-order valence-electron chi connectivity index (χ3n) is 2.55. The number of alkyl halides is 3. The molecule has 0 aromatic heterocycles. The zero-order chi connectivity index (χ0) is 16.1. The predicted molar refractivity (Wildman–Crippen MR) is 66.9 cm³/mol. The Morgan fingerprint density at radius 2 is 1.62 bits per heavy atom. The average Bonchev–Trinajstić information content (AvgIpc) is 2.37. The SMILES string of the molecule is N#CCN(CC#N)S(=O)(=O)Cc1ccccc1C(F)(F)F. The van der Waals surface area contributed by atoms with E-state index in [-0.39, 0.29) is 0 Å². The van der Waals surface area contributed by atoms with E-state index >= 15 is 0 Å². The third kappa shape index (κ3) is 4.45. The predicted octanol–water partition coefficient (Wildman–Crippen LogP) is 1.88. The van der Waals surface area contributed by atoms with E-state index < -0.39 is 46.2 Å². The van der Waals surface area contributed by atoms with Gasteiger partial charge in [-0.05, 0) is 11.6 Å². The molecule has 0 fully saturated rings. The van der Waals surface area contributed by atoms with Crippen molar-refractivity contribution in [3.63, 3.8) is 0 Å². The molecule has 0 heterocycles. The van der Waals surface area contributed by atoms with Crippen molar-refractivity contribution < 1.29 is 21.6 Å². The fourth-order valence-electron chi connectivity index (χ4n) is 1.62. The number of halogens is 3. The minimum Gasteiger partial charge on any atom is -0.212 e. The molecule has 1 aromatic carbocycles. The summed E-state index contributed by atoms with van der Waals surface area (Å²) >= 11 is 0. The maximum Gasteiger partial charge on any atom is 0.416 e. The largest absolute Gasteiger partial charge is 0.416 e. The normalized spacial score (nSPS) is 11.9. The number of benzene rings is 1. The van der Waals surface area contributed by atoms with Crippen molar-refractivity contribution in [2.24, 2.45) is 0 Å². The molecule has 1 rings (SSSR count). The first-order valence-electron chi connectivity index (χ1n) is 5.59. The minimum atomic E-state index is -4.68. The van der Waals surface area contributed by atoms with Crippen molar-refractivity contribution in [3.05, 3.63) is 35.4 Å². The zero-order valence-electron chi connectivity index (χ0n) is 10.6. The van der Waals surface area contributed by atoms with Crippen LogP contribution < -0.4 is 0 Å². The lowest BCUT2D eigenvalue weighted by Gasteiger charge is -2.18. The van der Waals surface area contributed by atoms with Crippen LogP contribution >= 0.6 is 0 Å².